The van der Waals surface area contributed by atoms with Gasteiger partial charge in [-0.25, -0.2) is 0 Å². The summed E-state index contributed by atoms with van der Waals surface area (Å²) in [6, 6.07) is 5.75. The number of fused-ring (bicyclic) bond motifs is 1. The lowest BCUT2D eigenvalue weighted by molar-refractivity contribution is -0.119. The number of nitrogens with zero attached hydrogens (tertiary/aromatic N) is 1. The van der Waals surface area contributed by atoms with E-state index >= 15 is 0 Å². The summed E-state index contributed by atoms with van der Waals surface area (Å²) in [4.78, 5) is 14.0. The van der Waals surface area contributed by atoms with Gasteiger partial charge in [0.1, 0.15) is 0 Å². The molecule has 0 bridgehead atoms. The molecule has 0 saturated heterocycles. The number of aliphatic hydroxyl groups is 1. The Hall–Kier alpha value is -1.39. The van der Waals surface area contributed by atoms with E-state index in [9.17, 15) is 9.90 Å². The summed E-state index contributed by atoms with van der Waals surface area (Å²) in [5.41, 5.74) is 8.41. The molecule has 104 valence electrons. The van der Waals surface area contributed by atoms with Gasteiger partial charge in [-0.3, -0.25) is 4.79 Å². The van der Waals surface area contributed by atoms with Gasteiger partial charge >= 0.3 is 0 Å². The number of hydrogen-bond donors (Lipinski definition) is 2. The lowest BCUT2D eigenvalue weighted by atomic mass is 10.0. The Kier molecular flexibility index (Phi) is 4.22. The molecule has 1 aromatic rings. The first kappa shape index (κ1) is 14.0. The number of rotatable bonds is 4. The van der Waals surface area contributed by atoms with Crippen molar-refractivity contribution >= 4 is 11.6 Å². The van der Waals surface area contributed by atoms with Crippen molar-refractivity contribution in [1.82, 2.24) is 0 Å². The molecule has 1 heterocycles. The van der Waals surface area contributed by atoms with E-state index in [1.165, 1.54) is 0 Å². The van der Waals surface area contributed by atoms with Crippen LogP contribution < -0.4 is 10.6 Å². The average molecular weight is 262 g/mol. The molecule has 1 aromatic carbocycles. The van der Waals surface area contributed by atoms with Gasteiger partial charge in [0.15, 0.2) is 0 Å². The van der Waals surface area contributed by atoms with Crippen LogP contribution in [0.2, 0.25) is 0 Å². The maximum absolute atomic E-state index is 12.1. The van der Waals surface area contributed by atoms with Crippen molar-refractivity contribution in [2.45, 2.75) is 32.8 Å². The Morgan fingerprint density at radius 3 is 2.84 bits per heavy atom. The molecule has 0 fully saturated rings. The number of nitrogens with two attached hydrogens (primary N) is 1. The second-order valence-corrected chi connectivity index (χ2v) is 5.53. The van der Waals surface area contributed by atoms with E-state index < -0.39 is 6.10 Å². The molecule has 2 rings (SSSR count). The minimum atomic E-state index is -0.620. The number of amides is 1. The summed E-state index contributed by atoms with van der Waals surface area (Å²) in [6.45, 7) is 5.06. The molecule has 0 saturated carbocycles. The Bertz CT molecular complexity index is 471. The van der Waals surface area contributed by atoms with Gasteiger partial charge in [-0.2, -0.15) is 0 Å². The minimum Gasteiger partial charge on any atom is -0.387 e. The zero-order valence-electron chi connectivity index (χ0n) is 11.6. The van der Waals surface area contributed by atoms with E-state index in [1.54, 1.807) is 0 Å². The van der Waals surface area contributed by atoms with Crippen molar-refractivity contribution in [2.75, 3.05) is 18.0 Å². The van der Waals surface area contributed by atoms with E-state index in [1.807, 2.05) is 23.1 Å². The van der Waals surface area contributed by atoms with Gasteiger partial charge in [0.05, 0.1) is 6.10 Å². The fraction of sp³-hybridized carbons (Fsp3) is 0.533. The first-order valence-electron chi connectivity index (χ1n) is 6.84. The summed E-state index contributed by atoms with van der Waals surface area (Å²) < 4.78 is 0. The van der Waals surface area contributed by atoms with Gasteiger partial charge < -0.3 is 15.7 Å². The Morgan fingerprint density at radius 2 is 2.21 bits per heavy atom. The van der Waals surface area contributed by atoms with E-state index in [4.69, 9.17) is 5.73 Å². The molecule has 0 spiro atoms. The van der Waals surface area contributed by atoms with E-state index in [0.717, 1.165) is 29.8 Å². The van der Waals surface area contributed by atoms with Crippen LogP contribution in [0.4, 0.5) is 5.69 Å². The third-order valence-electron chi connectivity index (χ3n) is 3.49. The predicted molar refractivity (Wildman–Crippen MR) is 76.0 cm³/mol. The van der Waals surface area contributed by atoms with Crippen LogP contribution in [0.1, 0.15) is 37.5 Å². The molecule has 1 aliphatic rings. The number of anilines is 1. The van der Waals surface area contributed by atoms with Crippen LogP contribution in [0.25, 0.3) is 0 Å². The van der Waals surface area contributed by atoms with Crippen LogP contribution in [0, 0.1) is 5.92 Å². The normalized spacial score (nSPS) is 15.7. The molecule has 0 radical (unpaired) electrons. The van der Waals surface area contributed by atoms with Crippen LogP contribution in [0.15, 0.2) is 18.2 Å². The molecule has 0 aliphatic carbocycles. The fourth-order valence-electron chi connectivity index (χ4n) is 2.48. The highest BCUT2D eigenvalue weighted by atomic mass is 16.3. The largest absolute Gasteiger partial charge is 0.387 e. The standard InChI is InChI=1S/C15H22N2O2/c1-10(2)7-15(19)17-6-5-11-8-12(14(18)9-16)3-4-13(11)17/h3-4,8,10,14,18H,5-7,9,16H2,1-2H3. The summed E-state index contributed by atoms with van der Waals surface area (Å²) in [6.07, 6.45) is 0.808. The van der Waals surface area contributed by atoms with Gasteiger partial charge in [0, 0.05) is 25.2 Å². The maximum Gasteiger partial charge on any atom is 0.227 e. The van der Waals surface area contributed by atoms with Crippen LogP contribution >= 0.6 is 0 Å². The summed E-state index contributed by atoms with van der Waals surface area (Å²) >= 11 is 0. The molecule has 1 atom stereocenters. The number of carbonyl (C=O) groups excluding carboxylic acids is 1. The highest BCUT2D eigenvalue weighted by Crippen LogP contribution is 2.31. The Balaban J connectivity index is 2.19. The SMILES string of the molecule is CC(C)CC(=O)N1CCc2cc(C(O)CN)ccc21. The van der Waals surface area contributed by atoms with Gasteiger partial charge in [-0.15, -0.1) is 0 Å². The number of benzene rings is 1. The molecular weight excluding hydrogens is 240 g/mol. The maximum atomic E-state index is 12.1. The lowest BCUT2D eigenvalue weighted by Gasteiger charge is -2.19. The smallest absolute Gasteiger partial charge is 0.227 e. The quantitative estimate of drug-likeness (QED) is 0.866. The van der Waals surface area contributed by atoms with Gasteiger partial charge in [-0.05, 0) is 29.5 Å². The molecule has 19 heavy (non-hydrogen) atoms. The molecule has 4 nitrogen and oxygen atoms in total. The fourth-order valence-corrected chi connectivity index (χ4v) is 2.48. The number of aliphatic hydroxyl groups excluding tert-OH is 1. The third-order valence-corrected chi connectivity index (χ3v) is 3.49. The molecule has 4 heteroatoms. The number of carbonyl (C=O) groups is 1. The van der Waals surface area contributed by atoms with Crippen molar-refractivity contribution < 1.29 is 9.90 Å². The first-order valence-corrected chi connectivity index (χ1v) is 6.84. The Labute approximate surface area is 114 Å². The minimum absolute atomic E-state index is 0.181. The highest BCUT2D eigenvalue weighted by Gasteiger charge is 2.25. The lowest BCUT2D eigenvalue weighted by Crippen LogP contribution is -2.29. The summed E-state index contributed by atoms with van der Waals surface area (Å²) in [5, 5.41) is 9.75. The molecular formula is C15H22N2O2. The van der Waals surface area contributed by atoms with E-state index in [-0.39, 0.29) is 12.5 Å². The Morgan fingerprint density at radius 1 is 1.47 bits per heavy atom. The zero-order valence-corrected chi connectivity index (χ0v) is 11.6. The summed E-state index contributed by atoms with van der Waals surface area (Å²) in [7, 11) is 0. The second-order valence-electron chi connectivity index (χ2n) is 5.53. The van der Waals surface area contributed by atoms with Crippen LogP contribution in [-0.4, -0.2) is 24.1 Å². The molecule has 1 amide bonds. The molecule has 0 aromatic heterocycles. The molecule has 3 N–H and O–H groups in total. The van der Waals surface area contributed by atoms with E-state index in [2.05, 4.69) is 13.8 Å². The summed E-state index contributed by atoms with van der Waals surface area (Å²) in [5.74, 6) is 0.552. The monoisotopic (exact) mass is 262 g/mol. The predicted octanol–water partition coefficient (Wildman–Crippen LogP) is 1.61. The number of hydrogen-bond acceptors (Lipinski definition) is 3. The van der Waals surface area contributed by atoms with Crippen LogP contribution in [0.5, 0.6) is 0 Å². The van der Waals surface area contributed by atoms with Crippen LogP contribution in [0.3, 0.4) is 0 Å². The molecule has 1 aliphatic heterocycles. The van der Waals surface area contributed by atoms with E-state index in [0.29, 0.717) is 12.3 Å². The second kappa shape index (κ2) is 5.72. The van der Waals surface area contributed by atoms with Crippen molar-refractivity contribution in [3.63, 3.8) is 0 Å². The van der Waals surface area contributed by atoms with Crippen LogP contribution in [-0.2, 0) is 11.2 Å². The average Bonchev–Trinajstić information content (AvgIpc) is 2.79. The first-order chi connectivity index (χ1) is 9.02. The topological polar surface area (TPSA) is 66.6 Å². The van der Waals surface area contributed by atoms with Crippen molar-refractivity contribution in [2.24, 2.45) is 11.7 Å². The highest BCUT2D eigenvalue weighted by molar-refractivity contribution is 5.95. The van der Waals surface area contributed by atoms with Gasteiger partial charge in [-0.1, -0.05) is 26.0 Å². The third kappa shape index (κ3) is 2.96. The van der Waals surface area contributed by atoms with Gasteiger partial charge in [0.25, 0.3) is 0 Å². The van der Waals surface area contributed by atoms with Crippen molar-refractivity contribution in [3.8, 4) is 0 Å². The van der Waals surface area contributed by atoms with Crippen molar-refractivity contribution in [3.05, 3.63) is 29.3 Å². The zero-order chi connectivity index (χ0) is 14.0. The molecule has 1 unspecified atom stereocenters. The van der Waals surface area contributed by atoms with Crippen molar-refractivity contribution in [1.29, 1.82) is 0 Å². The van der Waals surface area contributed by atoms with Gasteiger partial charge in [0.2, 0.25) is 5.91 Å².